The van der Waals surface area contributed by atoms with Gasteiger partial charge in [0.15, 0.2) is 0 Å². The van der Waals surface area contributed by atoms with Crippen LogP contribution in [0.1, 0.15) is 0 Å². The van der Waals surface area contributed by atoms with Gasteiger partial charge in [0.2, 0.25) is 0 Å². The summed E-state index contributed by atoms with van der Waals surface area (Å²) in [6.45, 7) is 0. The van der Waals surface area contributed by atoms with Gasteiger partial charge >= 0.3 is 90.0 Å². The molecular formula is C9H11F2NO2Sn. The summed E-state index contributed by atoms with van der Waals surface area (Å²) in [7, 11) is 0. The first-order valence-electron chi connectivity index (χ1n) is 4.38. The zero-order valence-corrected chi connectivity index (χ0v) is 11.5. The average Bonchev–Trinajstić information content (AvgIpc) is 2.00. The normalized spacial score (nSPS) is 11.5. The molecule has 0 amide bonds. The van der Waals surface area contributed by atoms with Crippen LogP contribution in [0.15, 0.2) is 12.1 Å². The molecule has 0 radical (unpaired) electrons. The molecule has 3 nitrogen and oxygen atoms in total. The van der Waals surface area contributed by atoms with Crippen molar-refractivity contribution < 1.29 is 13.7 Å². The third-order valence-corrected chi connectivity index (χ3v) is 7.61. The van der Waals surface area contributed by atoms with Crippen molar-refractivity contribution in [3.8, 4) is 0 Å². The van der Waals surface area contributed by atoms with Crippen molar-refractivity contribution in [2.45, 2.75) is 14.8 Å². The summed E-state index contributed by atoms with van der Waals surface area (Å²) in [5, 5.41) is 10.5. The molecule has 0 atom stereocenters. The van der Waals surface area contributed by atoms with Crippen LogP contribution in [-0.2, 0) is 0 Å². The number of nitro benzene ring substituents is 1. The molecule has 1 aromatic rings. The first-order chi connectivity index (χ1) is 6.75. The molecular weight excluding hydrogens is 311 g/mol. The molecule has 0 fully saturated rings. The molecule has 1 rings (SSSR count). The van der Waals surface area contributed by atoms with Crippen molar-refractivity contribution in [3.05, 3.63) is 33.9 Å². The molecule has 0 heterocycles. The molecule has 0 saturated carbocycles. The van der Waals surface area contributed by atoms with E-state index in [0.29, 0.717) is 0 Å². The Morgan fingerprint density at radius 1 is 1.27 bits per heavy atom. The first kappa shape index (κ1) is 12.3. The fourth-order valence-electron chi connectivity index (χ4n) is 1.37. The summed E-state index contributed by atoms with van der Waals surface area (Å²) in [4.78, 5) is 15.1. The van der Waals surface area contributed by atoms with Crippen molar-refractivity contribution in [1.29, 1.82) is 0 Å². The van der Waals surface area contributed by atoms with Gasteiger partial charge in [-0.3, -0.25) is 0 Å². The number of hydrogen-bond donors (Lipinski definition) is 0. The van der Waals surface area contributed by atoms with Crippen LogP contribution in [0.5, 0.6) is 0 Å². The van der Waals surface area contributed by atoms with Crippen LogP contribution in [0.25, 0.3) is 0 Å². The molecule has 0 aliphatic carbocycles. The predicted molar refractivity (Wildman–Crippen MR) is 56.0 cm³/mol. The van der Waals surface area contributed by atoms with Gasteiger partial charge in [-0.25, -0.2) is 0 Å². The topological polar surface area (TPSA) is 43.1 Å². The zero-order valence-electron chi connectivity index (χ0n) is 8.67. The van der Waals surface area contributed by atoms with Crippen molar-refractivity contribution >= 4 is 27.6 Å². The monoisotopic (exact) mass is 323 g/mol. The summed E-state index contributed by atoms with van der Waals surface area (Å²) >= 11 is -3.00. The van der Waals surface area contributed by atoms with E-state index in [0.717, 1.165) is 12.1 Å². The van der Waals surface area contributed by atoms with Crippen molar-refractivity contribution in [2.24, 2.45) is 0 Å². The Labute approximate surface area is 90.1 Å². The fraction of sp³-hybridized carbons (Fsp3) is 0.333. The van der Waals surface area contributed by atoms with Gasteiger partial charge in [0.25, 0.3) is 0 Å². The van der Waals surface area contributed by atoms with Crippen molar-refractivity contribution in [1.82, 2.24) is 0 Å². The third-order valence-electron chi connectivity index (χ3n) is 2.02. The van der Waals surface area contributed by atoms with Crippen molar-refractivity contribution in [3.63, 3.8) is 0 Å². The second-order valence-electron chi connectivity index (χ2n) is 4.26. The minimum atomic E-state index is -3.00. The van der Waals surface area contributed by atoms with E-state index in [1.165, 1.54) is 0 Å². The second kappa shape index (κ2) is 4.03. The van der Waals surface area contributed by atoms with Crippen LogP contribution in [0, 0.1) is 21.7 Å². The molecule has 0 aliphatic rings. The van der Waals surface area contributed by atoms with Crippen LogP contribution >= 0.6 is 0 Å². The summed E-state index contributed by atoms with van der Waals surface area (Å²) in [6.07, 6.45) is 0. The molecule has 0 aromatic heterocycles. The Hall–Kier alpha value is -0.721. The quantitative estimate of drug-likeness (QED) is 0.477. The van der Waals surface area contributed by atoms with Gasteiger partial charge in [-0.15, -0.1) is 0 Å². The molecule has 82 valence electrons. The molecule has 15 heavy (non-hydrogen) atoms. The first-order valence-corrected chi connectivity index (χ1v) is 14.4. The van der Waals surface area contributed by atoms with Gasteiger partial charge in [-0.1, -0.05) is 0 Å². The van der Waals surface area contributed by atoms with E-state index < -0.39 is 40.6 Å². The number of halogens is 2. The number of nitrogens with zero attached hydrogens (tertiary/aromatic N) is 1. The molecule has 0 bridgehead atoms. The number of hydrogen-bond acceptors (Lipinski definition) is 2. The Balaban J connectivity index is 3.51. The fourth-order valence-corrected chi connectivity index (χ4v) is 5.90. The van der Waals surface area contributed by atoms with E-state index in [1.54, 1.807) is 14.8 Å². The maximum absolute atomic E-state index is 13.7. The Morgan fingerprint density at radius 3 is 2.20 bits per heavy atom. The van der Waals surface area contributed by atoms with E-state index in [4.69, 9.17) is 0 Å². The molecule has 0 saturated heterocycles. The van der Waals surface area contributed by atoms with Crippen LogP contribution in [0.3, 0.4) is 0 Å². The van der Waals surface area contributed by atoms with Gasteiger partial charge in [0.05, 0.1) is 0 Å². The Kier molecular flexibility index (Phi) is 3.32. The molecule has 6 heteroatoms. The zero-order chi connectivity index (χ0) is 11.8. The Bertz CT molecular complexity index is 415. The van der Waals surface area contributed by atoms with Gasteiger partial charge in [-0.2, -0.15) is 0 Å². The van der Waals surface area contributed by atoms with Crippen LogP contribution in [-0.4, -0.2) is 23.3 Å². The predicted octanol–water partition coefficient (Wildman–Crippen LogP) is 2.42. The minimum absolute atomic E-state index is 0.0431. The summed E-state index contributed by atoms with van der Waals surface area (Å²) < 4.78 is 27.0. The van der Waals surface area contributed by atoms with E-state index in [2.05, 4.69) is 0 Å². The molecule has 1 aromatic carbocycles. The molecule has 0 spiro atoms. The van der Waals surface area contributed by atoms with Crippen molar-refractivity contribution in [2.75, 3.05) is 0 Å². The van der Waals surface area contributed by atoms with Crippen LogP contribution < -0.4 is 3.58 Å². The number of benzene rings is 1. The van der Waals surface area contributed by atoms with Gasteiger partial charge in [-0.05, 0) is 0 Å². The molecule has 0 N–H and O–H groups in total. The molecule has 0 unspecified atom stereocenters. The van der Waals surface area contributed by atoms with E-state index in [-0.39, 0.29) is 3.58 Å². The summed E-state index contributed by atoms with van der Waals surface area (Å²) in [5.41, 5.74) is -0.641. The average molecular weight is 322 g/mol. The van der Waals surface area contributed by atoms with Gasteiger partial charge in [0.1, 0.15) is 0 Å². The van der Waals surface area contributed by atoms with E-state index >= 15 is 0 Å². The maximum atomic E-state index is 13.7. The third kappa shape index (κ3) is 2.45. The van der Waals surface area contributed by atoms with Gasteiger partial charge < -0.3 is 0 Å². The number of nitro groups is 1. The number of rotatable bonds is 2. The van der Waals surface area contributed by atoms with E-state index in [1.807, 2.05) is 0 Å². The second-order valence-corrected chi connectivity index (χ2v) is 18.5. The SMILES string of the molecule is [CH3][Sn]([CH3])([CH3])[c]1c(F)ccc([N+](=O)[O-])c1F. The standard InChI is InChI=1S/C6H2F2NO2.3CH3.Sn/c7-4-1-2-6(9(10)11)5(8)3-4;;;;/h1-2H;3*1H3;. The summed E-state index contributed by atoms with van der Waals surface area (Å²) in [6, 6.07) is 1.84. The molecule has 0 aliphatic heterocycles. The Morgan fingerprint density at radius 2 is 1.80 bits per heavy atom. The van der Waals surface area contributed by atoms with Crippen LogP contribution in [0.4, 0.5) is 14.5 Å². The van der Waals surface area contributed by atoms with Crippen LogP contribution in [0.2, 0.25) is 14.8 Å². The van der Waals surface area contributed by atoms with E-state index in [9.17, 15) is 18.9 Å². The van der Waals surface area contributed by atoms with Gasteiger partial charge in [0, 0.05) is 0 Å². The summed E-state index contributed by atoms with van der Waals surface area (Å²) in [5.74, 6) is -1.66.